The number of thioether (sulfide) groups is 1. The van der Waals surface area contributed by atoms with Crippen molar-refractivity contribution < 1.29 is 13.2 Å². The van der Waals surface area contributed by atoms with E-state index < -0.39 is 10.0 Å². The van der Waals surface area contributed by atoms with Gasteiger partial charge in [-0.1, -0.05) is 55.4 Å². The van der Waals surface area contributed by atoms with Crippen LogP contribution in [-0.4, -0.2) is 43.0 Å². The standard InChI is InChI=1S/C20H27N3O3S2/c1-5-9-18(16-10-7-6-8-11-16)22-20(24)15(2)27-19-13-12-17(14-21-19)28(25,26)23(3)4/h6-8,10-15,18H,5,9H2,1-4H3,(H,22,24)/t15-,18-/m0/s1. The second-order valence-corrected chi connectivity index (χ2v) is 10.2. The van der Waals surface area contributed by atoms with Gasteiger partial charge in [-0.2, -0.15) is 0 Å². The molecule has 1 N–H and O–H groups in total. The topological polar surface area (TPSA) is 79.4 Å². The zero-order valence-electron chi connectivity index (χ0n) is 16.6. The van der Waals surface area contributed by atoms with E-state index in [0.29, 0.717) is 5.03 Å². The first-order chi connectivity index (χ1) is 13.3. The summed E-state index contributed by atoms with van der Waals surface area (Å²) in [6.07, 6.45) is 3.15. The van der Waals surface area contributed by atoms with Crippen molar-refractivity contribution in [3.05, 3.63) is 54.2 Å². The summed E-state index contributed by atoms with van der Waals surface area (Å²) in [7, 11) is -0.557. The Bertz CT molecular complexity index is 869. The molecular formula is C20H27N3O3S2. The van der Waals surface area contributed by atoms with Crippen molar-refractivity contribution in [3.63, 3.8) is 0 Å². The molecule has 1 heterocycles. The molecule has 0 saturated carbocycles. The zero-order valence-corrected chi connectivity index (χ0v) is 18.3. The highest BCUT2D eigenvalue weighted by molar-refractivity contribution is 8.00. The van der Waals surface area contributed by atoms with Gasteiger partial charge in [-0.05, 0) is 31.0 Å². The lowest BCUT2D eigenvalue weighted by Crippen LogP contribution is -2.34. The number of aromatic nitrogens is 1. The Morgan fingerprint density at radius 2 is 1.86 bits per heavy atom. The number of benzene rings is 1. The van der Waals surface area contributed by atoms with Gasteiger partial charge in [-0.3, -0.25) is 4.79 Å². The average molecular weight is 422 g/mol. The van der Waals surface area contributed by atoms with Crippen LogP contribution in [0.15, 0.2) is 58.6 Å². The van der Waals surface area contributed by atoms with Crippen LogP contribution in [0.2, 0.25) is 0 Å². The Labute approximate surface area is 171 Å². The maximum Gasteiger partial charge on any atom is 0.244 e. The van der Waals surface area contributed by atoms with Gasteiger partial charge in [0.05, 0.1) is 16.3 Å². The number of carbonyl (C=O) groups excluding carboxylic acids is 1. The molecule has 0 aliphatic heterocycles. The number of rotatable bonds is 9. The highest BCUT2D eigenvalue weighted by Gasteiger charge is 2.21. The summed E-state index contributed by atoms with van der Waals surface area (Å²) in [6, 6.07) is 13.0. The van der Waals surface area contributed by atoms with Crippen LogP contribution in [0.25, 0.3) is 0 Å². The summed E-state index contributed by atoms with van der Waals surface area (Å²) in [5.74, 6) is -0.0703. The molecule has 6 nitrogen and oxygen atoms in total. The van der Waals surface area contributed by atoms with E-state index in [9.17, 15) is 13.2 Å². The minimum Gasteiger partial charge on any atom is -0.348 e. The third kappa shape index (κ3) is 5.80. The lowest BCUT2D eigenvalue weighted by Gasteiger charge is -2.21. The molecule has 0 aliphatic carbocycles. The molecule has 152 valence electrons. The fraction of sp³-hybridized carbons (Fsp3) is 0.400. The number of nitrogens with one attached hydrogen (secondary N) is 1. The molecule has 0 bridgehead atoms. The number of amides is 1. The summed E-state index contributed by atoms with van der Waals surface area (Å²) < 4.78 is 25.4. The molecule has 0 spiro atoms. The summed E-state index contributed by atoms with van der Waals surface area (Å²) >= 11 is 1.30. The van der Waals surface area contributed by atoms with E-state index >= 15 is 0 Å². The maximum absolute atomic E-state index is 12.7. The molecule has 8 heteroatoms. The van der Waals surface area contributed by atoms with Crippen molar-refractivity contribution in [2.75, 3.05) is 14.1 Å². The molecule has 28 heavy (non-hydrogen) atoms. The number of hydrogen-bond acceptors (Lipinski definition) is 5. The minimum atomic E-state index is -3.51. The molecular weight excluding hydrogens is 394 g/mol. The summed E-state index contributed by atoms with van der Waals surface area (Å²) in [6.45, 7) is 3.91. The first kappa shape index (κ1) is 22.4. The molecule has 0 fully saturated rings. The van der Waals surface area contributed by atoms with Crippen molar-refractivity contribution in [1.29, 1.82) is 0 Å². The highest BCUT2D eigenvalue weighted by atomic mass is 32.2. The summed E-state index contributed by atoms with van der Waals surface area (Å²) in [5.41, 5.74) is 1.09. The first-order valence-corrected chi connectivity index (χ1v) is 11.5. The molecule has 1 amide bonds. The molecule has 2 aromatic rings. The monoisotopic (exact) mass is 421 g/mol. The van der Waals surface area contributed by atoms with Gasteiger partial charge in [0.1, 0.15) is 4.90 Å². The Hall–Kier alpha value is -1.90. The molecule has 0 unspecified atom stereocenters. The zero-order chi connectivity index (χ0) is 20.7. The fourth-order valence-corrected chi connectivity index (χ4v) is 4.26. The molecule has 2 rings (SSSR count). The quantitative estimate of drug-likeness (QED) is 0.627. The maximum atomic E-state index is 12.7. The first-order valence-electron chi connectivity index (χ1n) is 9.16. The van der Waals surface area contributed by atoms with Crippen LogP contribution in [0.4, 0.5) is 0 Å². The van der Waals surface area contributed by atoms with Crippen LogP contribution >= 0.6 is 11.8 Å². The minimum absolute atomic E-state index is 0.0256. The van der Waals surface area contributed by atoms with E-state index in [1.807, 2.05) is 37.3 Å². The van der Waals surface area contributed by atoms with E-state index in [4.69, 9.17) is 0 Å². The summed E-state index contributed by atoms with van der Waals surface area (Å²) in [4.78, 5) is 17.0. The lowest BCUT2D eigenvalue weighted by molar-refractivity contribution is -0.121. The average Bonchev–Trinajstić information content (AvgIpc) is 2.68. The Kier molecular flexibility index (Phi) is 8.03. The lowest BCUT2D eigenvalue weighted by atomic mass is 10.0. The molecule has 0 aliphatic rings. The van der Waals surface area contributed by atoms with E-state index in [2.05, 4.69) is 17.2 Å². The third-order valence-corrected chi connectivity index (χ3v) is 7.10. The van der Waals surface area contributed by atoms with Crippen molar-refractivity contribution in [2.45, 2.75) is 47.9 Å². The van der Waals surface area contributed by atoms with Gasteiger partial charge in [-0.25, -0.2) is 17.7 Å². The SMILES string of the molecule is CCC[C@H](NC(=O)[C@H](C)Sc1ccc(S(=O)(=O)N(C)C)cn1)c1ccccc1. The number of hydrogen-bond donors (Lipinski definition) is 1. The van der Waals surface area contributed by atoms with Gasteiger partial charge in [0.15, 0.2) is 0 Å². The van der Waals surface area contributed by atoms with Gasteiger partial charge in [0.2, 0.25) is 15.9 Å². The van der Waals surface area contributed by atoms with Gasteiger partial charge < -0.3 is 5.32 Å². The molecule has 2 atom stereocenters. The van der Waals surface area contributed by atoms with Gasteiger partial charge in [0, 0.05) is 20.3 Å². The van der Waals surface area contributed by atoms with Crippen molar-refractivity contribution in [3.8, 4) is 0 Å². The smallest absolute Gasteiger partial charge is 0.244 e. The Morgan fingerprint density at radius 1 is 1.18 bits per heavy atom. The third-order valence-electron chi connectivity index (χ3n) is 4.25. The van der Waals surface area contributed by atoms with Crippen LogP contribution in [0.3, 0.4) is 0 Å². The number of sulfonamides is 1. The largest absolute Gasteiger partial charge is 0.348 e. The molecule has 0 radical (unpaired) electrons. The predicted octanol–water partition coefficient (Wildman–Crippen LogP) is 3.47. The highest BCUT2D eigenvalue weighted by Crippen LogP contribution is 2.25. The number of pyridine rings is 1. The van der Waals surface area contributed by atoms with E-state index in [0.717, 1.165) is 22.7 Å². The van der Waals surface area contributed by atoms with E-state index in [1.165, 1.54) is 38.1 Å². The van der Waals surface area contributed by atoms with Crippen molar-refractivity contribution >= 4 is 27.7 Å². The Morgan fingerprint density at radius 3 is 2.39 bits per heavy atom. The van der Waals surface area contributed by atoms with Crippen molar-refractivity contribution in [1.82, 2.24) is 14.6 Å². The van der Waals surface area contributed by atoms with Crippen LogP contribution < -0.4 is 5.32 Å². The van der Waals surface area contributed by atoms with E-state index in [1.54, 1.807) is 6.07 Å². The summed E-state index contributed by atoms with van der Waals surface area (Å²) in [5, 5.41) is 3.36. The normalized spacial score (nSPS) is 13.9. The molecule has 1 aromatic carbocycles. The molecule has 1 aromatic heterocycles. The predicted molar refractivity (Wildman–Crippen MR) is 113 cm³/mol. The second-order valence-electron chi connectivity index (χ2n) is 6.64. The van der Waals surface area contributed by atoms with Gasteiger partial charge >= 0.3 is 0 Å². The van der Waals surface area contributed by atoms with Crippen LogP contribution in [0.1, 0.15) is 38.3 Å². The van der Waals surface area contributed by atoms with Gasteiger partial charge in [0.25, 0.3) is 0 Å². The van der Waals surface area contributed by atoms with Crippen LogP contribution in [0.5, 0.6) is 0 Å². The Balaban J connectivity index is 2.03. The fourth-order valence-electron chi connectivity index (χ4n) is 2.62. The van der Waals surface area contributed by atoms with Gasteiger partial charge in [-0.15, -0.1) is 0 Å². The molecule has 0 saturated heterocycles. The number of carbonyl (C=O) groups is 1. The van der Waals surface area contributed by atoms with Crippen LogP contribution in [0, 0.1) is 0 Å². The number of nitrogens with zero attached hydrogens (tertiary/aromatic N) is 2. The van der Waals surface area contributed by atoms with Crippen LogP contribution in [-0.2, 0) is 14.8 Å². The van der Waals surface area contributed by atoms with E-state index in [-0.39, 0.29) is 22.1 Å². The second kappa shape index (κ2) is 10.0. The van der Waals surface area contributed by atoms with Crippen molar-refractivity contribution in [2.24, 2.45) is 0 Å².